The number of aromatic amines is 1. The minimum atomic E-state index is 0.796. The van der Waals surface area contributed by atoms with Crippen LogP contribution in [0.15, 0.2) is 48.5 Å². The molecule has 2 N–H and O–H groups in total. The lowest BCUT2D eigenvalue weighted by atomic mass is 10.1. The standard InChI is InChI=1S/C16H17N3O/c1-20-13-7-8-14-15(11-13)19-16(18-14)17-10-9-12-5-3-2-4-6-12/h2-8,11H,9-10H2,1H3,(H2,17,18,19). The number of anilines is 1. The van der Waals surface area contributed by atoms with Crippen molar-refractivity contribution in [3.8, 4) is 5.75 Å². The number of hydrogen-bond acceptors (Lipinski definition) is 3. The van der Waals surface area contributed by atoms with Crippen molar-refractivity contribution < 1.29 is 4.74 Å². The summed E-state index contributed by atoms with van der Waals surface area (Å²) < 4.78 is 5.20. The summed E-state index contributed by atoms with van der Waals surface area (Å²) in [5.74, 6) is 1.63. The molecule has 0 amide bonds. The zero-order valence-electron chi connectivity index (χ0n) is 11.4. The van der Waals surface area contributed by atoms with Crippen LogP contribution in [-0.4, -0.2) is 23.6 Å². The SMILES string of the molecule is COc1ccc2nc(NCCc3ccccc3)[nH]c2c1. The zero-order chi connectivity index (χ0) is 13.8. The number of ether oxygens (including phenoxy) is 1. The van der Waals surface area contributed by atoms with Crippen LogP contribution in [0.5, 0.6) is 5.75 Å². The van der Waals surface area contributed by atoms with Crippen LogP contribution in [-0.2, 0) is 6.42 Å². The van der Waals surface area contributed by atoms with Crippen molar-refractivity contribution in [2.24, 2.45) is 0 Å². The maximum atomic E-state index is 5.20. The molecule has 0 atom stereocenters. The summed E-state index contributed by atoms with van der Waals surface area (Å²) in [6.07, 6.45) is 0.973. The number of hydrogen-bond donors (Lipinski definition) is 2. The second-order valence-electron chi connectivity index (χ2n) is 4.63. The van der Waals surface area contributed by atoms with E-state index in [1.165, 1.54) is 5.56 Å². The summed E-state index contributed by atoms with van der Waals surface area (Å²) in [4.78, 5) is 7.75. The third-order valence-electron chi connectivity index (χ3n) is 3.24. The number of rotatable bonds is 5. The number of aromatic nitrogens is 2. The molecule has 0 fully saturated rings. The molecule has 1 aromatic heterocycles. The fourth-order valence-electron chi connectivity index (χ4n) is 2.17. The van der Waals surface area contributed by atoms with E-state index in [9.17, 15) is 0 Å². The number of benzene rings is 2. The molecule has 0 aliphatic heterocycles. The van der Waals surface area contributed by atoms with E-state index in [1.54, 1.807) is 7.11 Å². The van der Waals surface area contributed by atoms with Crippen LogP contribution in [0.25, 0.3) is 11.0 Å². The molecule has 0 unspecified atom stereocenters. The van der Waals surface area contributed by atoms with Gasteiger partial charge in [0.1, 0.15) is 5.75 Å². The molecule has 0 saturated heterocycles. The average molecular weight is 267 g/mol. The van der Waals surface area contributed by atoms with E-state index in [1.807, 2.05) is 24.3 Å². The molecule has 0 aliphatic carbocycles. The molecule has 4 heteroatoms. The first-order valence-electron chi connectivity index (χ1n) is 6.67. The summed E-state index contributed by atoms with van der Waals surface area (Å²) in [5, 5.41) is 3.31. The van der Waals surface area contributed by atoms with E-state index in [4.69, 9.17) is 4.74 Å². The largest absolute Gasteiger partial charge is 0.497 e. The third-order valence-corrected chi connectivity index (χ3v) is 3.24. The van der Waals surface area contributed by atoms with Crippen LogP contribution >= 0.6 is 0 Å². The highest BCUT2D eigenvalue weighted by molar-refractivity contribution is 5.79. The quantitative estimate of drug-likeness (QED) is 0.746. The molecule has 4 nitrogen and oxygen atoms in total. The van der Waals surface area contributed by atoms with E-state index >= 15 is 0 Å². The normalized spacial score (nSPS) is 10.7. The monoisotopic (exact) mass is 267 g/mol. The van der Waals surface area contributed by atoms with Gasteiger partial charge in [-0.25, -0.2) is 4.98 Å². The molecule has 0 bridgehead atoms. The van der Waals surface area contributed by atoms with Gasteiger partial charge >= 0.3 is 0 Å². The lowest BCUT2D eigenvalue weighted by Crippen LogP contribution is -2.05. The Morgan fingerprint density at radius 1 is 1.15 bits per heavy atom. The van der Waals surface area contributed by atoms with Gasteiger partial charge in [-0.3, -0.25) is 0 Å². The van der Waals surface area contributed by atoms with Crippen LogP contribution in [0.4, 0.5) is 5.95 Å². The van der Waals surface area contributed by atoms with Gasteiger partial charge in [0.25, 0.3) is 0 Å². The van der Waals surface area contributed by atoms with Gasteiger partial charge in [-0.15, -0.1) is 0 Å². The predicted octanol–water partition coefficient (Wildman–Crippen LogP) is 3.23. The Balaban J connectivity index is 1.66. The second-order valence-corrected chi connectivity index (χ2v) is 4.63. The Labute approximate surface area is 117 Å². The molecule has 20 heavy (non-hydrogen) atoms. The first kappa shape index (κ1) is 12.5. The third kappa shape index (κ3) is 2.74. The van der Waals surface area contributed by atoms with Gasteiger partial charge in [-0.1, -0.05) is 30.3 Å². The molecule has 0 saturated carbocycles. The lowest BCUT2D eigenvalue weighted by molar-refractivity contribution is 0.415. The topological polar surface area (TPSA) is 49.9 Å². The number of H-pyrrole nitrogens is 1. The molecule has 0 spiro atoms. The average Bonchev–Trinajstić information content (AvgIpc) is 2.90. The predicted molar refractivity (Wildman–Crippen MR) is 81.3 cm³/mol. The van der Waals surface area contributed by atoms with Crippen molar-refractivity contribution >= 4 is 17.0 Å². The number of fused-ring (bicyclic) bond motifs is 1. The molecule has 0 aliphatic rings. The Bertz CT molecular complexity index is 691. The van der Waals surface area contributed by atoms with Crippen molar-refractivity contribution in [1.29, 1.82) is 0 Å². The van der Waals surface area contributed by atoms with E-state index < -0.39 is 0 Å². The highest BCUT2D eigenvalue weighted by Gasteiger charge is 2.03. The number of nitrogens with one attached hydrogen (secondary N) is 2. The Morgan fingerprint density at radius 3 is 2.80 bits per heavy atom. The van der Waals surface area contributed by atoms with Crippen LogP contribution in [0.2, 0.25) is 0 Å². The van der Waals surface area contributed by atoms with Gasteiger partial charge in [-0.2, -0.15) is 0 Å². The van der Waals surface area contributed by atoms with Crippen LogP contribution in [0, 0.1) is 0 Å². The number of methoxy groups -OCH3 is 1. The molecule has 2 aromatic carbocycles. The Morgan fingerprint density at radius 2 is 2.00 bits per heavy atom. The van der Waals surface area contributed by atoms with Gasteiger partial charge in [0.15, 0.2) is 0 Å². The van der Waals surface area contributed by atoms with Crippen molar-refractivity contribution in [2.45, 2.75) is 6.42 Å². The highest BCUT2D eigenvalue weighted by Crippen LogP contribution is 2.20. The van der Waals surface area contributed by atoms with Gasteiger partial charge in [0, 0.05) is 12.6 Å². The van der Waals surface area contributed by atoms with Crippen LogP contribution < -0.4 is 10.1 Å². The molecular formula is C16H17N3O. The van der Waals surface area contributed by atoms with E-state index in [2.05, 4.69) is 39.6 Å². The fourth-order valence-corrected chi connectivity index (χ4v) is 2.17. The van der Waals surface area contributed by atoms with E-state index in [0.717, 1.165) is 35.7 Å². The fraction of sp³-hybridized carbons (Fsp3) is 0.188. The summed E-state index contributed by atoms with van der Waals surface area (Å²) in [6.45, 7) is 0.848. The van der Waals surface area contributed by atoms with Gasteiger partial charge < -0.3 is 15.0 Å². The smallest absolute Gasteiger partial charge is 0.201 e. The van der Waals surface area contributed by atoms with Gasteiger partial charge in [0.2, 0.25) is 5.95 Å². The summed E-state index contributed by atoms with van der Waals surface area (Å²) in [6, 6.07) is 16.2. The molecule has 1 heterocycles. The summed E-state index contributed by atoms with van der Waals surface area (Å²) in [7, 11) is 1.66. The van der Waals surface area contributed by atoms with Gasteiger partial charge in [-0.05, 0) is 24.1 Å². The van der Waals surface area contributed by atoms with Crippen LogP contribution in [0.1, 0.15) is 5.56 Å². The van der Waals surface area contributed by atoms with Crippen molar-refractivity contribution in [2.75, 3.05) is 19.0 Å². The maximum Gasteiger partial charge on any atom is 0.201 e. The Hall–Kier alpha value is -2.49. The highest BCUT2D eigenvalue weighted by atomic mass is 16.5. The molecule has 3 rings (SSSR count). The first-order valence-corrected chi connectivity index (χ1v) is 6.67. The van der Waals surface area contributed by atoms with Crippen molar-refractivity contribution in [3.05, 3.63) is 54.1 Å². The summed E-state index contributed by atoms with van der Waals surface area (Å²) in [5.41, 5.74) is 3.23. The van der Waals surface area contributed by atoms with E-state index in [-0.39, 0.29) is 0 Å². The minimum Gasteiger partial charge on any atom is -0.497 e. The zero-order valence-corrected chi connectivity index (χ0v) is 11.4. The number of imidazole rings is 1. The molecule has 102 valence electrons. The molecule has 0 radical (unpaired) electrons. The van der Waals surface area contributed by atoms with Crippen molar-refractivity contribution in [1.82, 2.24) is 9.97 Å². The maximum absolute atomic E-state index is 5.20. The Kier molecular flexibility index (Phi) is 3.54. The van der Waals surface area contributed by atoms with Gasteiger partial charge in [0.05, 0.1) is 18.1 Å². The molecule has 3 aromatic rings. The number of nitrogens with zero attached hydrogens (tertiary/aromatic N) is 1. The minimum absolute atomic E-state index is 0.796. The summed E-state index contributed by atoms with van der Waals surface area (Å²) >= 11 is 0. The first-order chi connectivity index (χ1) is 9.85. The lowest BCUT2D eigenvalue weighted by Gasteiger charge is -2.02. The van der Waals surface area contributed by atoms with E-state index in [0.29, 0.717) is 0 Å². The molecular weight excluding hydrogens is 250 g/mol. The van der Waals surface area contributed by atoms with Crippen LogP contribution in [0.3, 0.4) is 0 Å². The second kappa shape index (κ2) is 5.65. The van der Waals surface area contributed by atoms with Crippen molar-refractivity contribution in [3.63, 3.8) is 0 Å².